The Bertz CT molecular complexity index is 782. The van der Waals surface area contributed by atoms with E-state index in [1.807, 2.05) is 25.1 Å². The molecule has 0 saturated carbocycles. The monoisotopic (exact) mass is 377 g/mol. The number of rotatable bonds is 8. The molecule has 0 aliphatic carbocycles. The van der Waals surface area contributed by atoms with Crippen molar-refractivity contribution in [3.8, 4) is 11.5 Å². The summed E-state index contributed by atoms with van der Waals surface area (Å²) in [6.07, 6.45) is 0.349. The van der Waals surface area contributed by atoms with Crippen LogP contribution in [-0.2, 0) is 13.0 Å². The van der Waals surface area contributed by atoms with Gasteiger partial charge in [0.15, 0.2) is 17.5 Å². The fourth-order valence-corrected chi connectivity index (χ4v) is 2.56. The van der Waals surface area contributed by atoms with E-state index in [2.05, 4.69) is 15.6 Å². The Morgan fingerprint density at radius 1 is 1.07 bits per heavy atom. The third kappa shape index (κ3) is 6.13. The van der Waals surface area contributed by atoms with Crippen LogP contribution in [0.4, 0.5) is 8.78 Å². The molecule has 5 nitrogen and oxygen atoms in total. The van der Waals surface area contributed by atoms with E-state index < -0.39 is 11.6 Å². The van der Waals surface area contributed by atoms with E-state index >= 15 is 0 Å². The van der Waals surface area contributed by atoms with Gasteiger partial charge in [-0.3, -0.25) is 4.99 Å². The molecule has 0 radical (unpaired) electrons. The molecule has 2 N–H and O–H groups in total. The summed E-state index contributed by atoms with van der Waals surface area (Å²) >= 11 is 0. The zero-order chi connectivity index (χ0) is 19.6. The molecule has 2 aromatic carbocycles. The molecule has 2 aromatic rings. The van der Waals surface area contributed by atoms with E-state index in [1.165, 1.54) is 6.07 Å². The molecule has 0 spiro atoms. The van der Waals surface area contributed by atoms with Gasteiger partial charge in [-0.2, -0.15) is 0 Å². The van der Waals surface area contributed by atoms with Crippen molar-refractivity contribution >= 4 is 5.96 Å². The molecule has 0 heterocycles. The highest BCUT2D eigenvalue weighted by Crippen LogP contribution is 2.27. The summed E-state index contributed by atoms with van der Waals surface area (Å²) < 4.78 is 37.7. The molecule has 146 valence electrons. The lowest BCUT2D eigenvalue weighted by molar-refractivity contribution is 0.310. The van der Waals surface area contributed by atoms with Gasteiger partial charge in [0.2, 0.25) is 0 Å². The summed E-state index contributed by atoms with van der Waals surface area (Å²) in [5.74, 6) is 1.07. The lowest BCUT2D eigenvalue weighted by atomic mass is 10.1. The predicted molar refractivity (Wildman–Crippen MR) is 102 cm³/mol. The van der Waals surface area contributed by atoms with Crippen LogP contribution in [-0.4, -0.2) is 33.3 Å². The Labute approximate surface area is 158 Å². The van der Waals surface area contributed by atoms with Crippen LogP contribution in [0, 0.1) is 11.6 Å². The summed E-state index contributed by atoms with van der Waals surface area (Å²) in [4.78, 5) is 4.14. The van der Waals surface area contributed by atoms with Crippen molar-refractivity contribution in [1.29, 1.82) is 0 Å². The van der Waals surface area contributed by atoms with Gasteiger partial charge in [-0.15, -0.1) is 0 Å². The van der Waals surface area contributed by atoms with Crippen molar-refractivity contribution in [3.05, 3.63) is 59.2 Å². The number of nitrogens with one attached hydrogen (secondary N) is 2. The first kappa shape index (κ1) is 20.5. The van der Waals surface area contributed by atoms with Gasteiger partial charge in [-0.05, 0) is 54.8 Å². The van der Waals surface area contributed by atoms with Gasteiger partial charge in [0, 0.05) is 20.1 Å². The topological polar surface area (TPSA) is 54.9 Å². The van der Waals surface area contributed by atoms with Gasteiger partial charge in [0.25, 0.3) is 0 Å². The number of guanidine groups is 1. The minimum absolute atomic E-state index is 0.328. The van der Waals surface area contributed by atoms with Crippen LogP contribution in [0.15, 0.2) is 41.4 Å². The molecular formula is C20H25F2N3O2. The molecule has 0 fully saturated rings. The van der Waals surface area contributed by atoms with E-state index in [1.54, 1.807) is 14.2 Å². The van der Waals surface area contributed by atoms with Gasteiger partial charge >= 0.3 is 0 Å². The molecule has 7 heteroatoms. The molecule has 0 aliphatic rings. The Morgan fingerprint density at radius 3 is 2.59 bits per heavy atom. The summed E-state index contributed by atoms with van der Waals surface area (Å²) in [5.41, 5.74) is 1.33. The summed E-state index contributed by atoms with van der Waals surface area (Å²) in [6.45, 7) is 3.41. The second kappa shape index (κ2) is 10.4. The van der Waals surface area contributed by atoms with E-state index in [4.69, 9.17) is 9.47 Å². The maximum Gasteiger partial charge on any atom is 0.191 e. The molecule has 0 saturated heterocycles. The van der Waals surface area contributed by atoms with Gasteiger partial charge < -0.3 is 20.1 Å². The van der Waals surface area contributed by atoms with Crippen molar-refractivity contribution in [3.63, 3.8) is 0 Å². The molecule has 0 atom stereocenters. The second-order valence-electron chi connectivity index (χ2n) is 5.76. The fourth-order valence-electron chi connectivity index (χ4n) is 2.56. The van der Waals surface area contributed by atoms with Crippen LogP contribution >= 0.6 is 0 Å². The third-order valence-corrected chi connectivity index (χ3v) is 3.91. The smallest absolute Gasteiger partial charge is 0.191 e. The van der Waals surface area contributed by atoms with Crippen LogP contribution in [0.2, 0.25) is 0 Å². The number of hydrogen-bond acceptors (Lipinski definition) is 3. The van der Waals surface area contributed by atoms with E-state index in [-0.39, 0.29) is 0 Å². The van der Waals surface area contributed by atoms with E-state index in [0.29, 0.717) is 49.1 Å². The SMILES string of the molecule is CCOc1cc(CNC(=NC)NCCc2cc(F)ccc2F)ccc1OC. The number of nitrogens with zero attached hydrogens (tertiary/aromatic N) is 1. The predicted octanol–water partition coefficient (Wildman–Crippen LogP) is 3.28. The standard InChI is InChI=1S/C20H25F2N3O2/c1-4-27-19-11-14(5-8-18(19)26-3)13-25-20(23-2)24-10-9-15-12-16(21)6-7-17(15)22/h5-8,11-12H,4,9-10,13H2,1-3H3,(H2,23,24,25). The summed E-state index contributed by atoms with van der Waals surface area (Å²) in [7, 11) is 3.25. The number of benzene rings is 2. The largest absolute Gasteiger partial charge is 0.493 e. The van der Waals surface area contributed by atoms with Gasteiger partial charge in [0.1, 0.15) is 11.6 Å². The summed E-state index contributed by atoms with van der Waals surface area (Å²) in [5, 5.41) is 6.27. The highest BCUT2D eigenvalue weighted by atomic mass is 19.1. The zero-order valence-electron chi connectivity index (χ0n) is 15.8. The van der Waals surface area contributed by atoms with E-state index in [0.717, 1.165) is 17.7 Å². The van der Waals surface area contributed by atoms with Crippen LogP contribution < -0.4 is 20.1 Å². The Balaban J connectivity index is 1.88. The number of halogens is 2. The number of hydrogen-bond donors (Lipinski definition) is 2. The first-order valence-corrected chi connectivity index (χ1v) is 8.75. The minimum Gasteiger partial charge on any atom is -0.493 e. The van der Waals surface area contributed by atoms with Crippen molar-refractivity contribution in [1.82, 2.24) is 10.6 Å². The molecular weight excluding hydrogens is 352 g/mol. The number of methoxy groups -OCH3 is 1. The second-order valence-corrected chi connectivity index (χ2v) is 5.76. The number of ether oxygens (including phenoxy) is 2. The molecule has 0 amide bonds. The van der Waals surface area contributed by atoms with Gasteiger partial charge in [-0.1, -0.05) is 6.07 Å². The van der Waals surface area contributed by atoms with Crippen molar-refractivity contribution in [2.24, 2.45) is 4.99 Å². The highest BCUT2D eigenvalue weighted by Gasteiger charge is 2.07. The quantitative estimate of drug-likeness (QED) is 0.548. The Morgan fingerprint density at radius 2 is 1.89 bits per heavy atom. The van der Waals surface area contributed by atoms with Crippen molar-refractivity contribution in [2.45, 2.75) is 19.9 Å². The summed E-state index contributed by atoms with van der Waals surface area (Å²) in [6, 6.07) is 9.15. The van der Waals surface area contributed by atoms with Crippen LogP contribution in [0.1, 0.15) is 18.1 Å². The third-order valence-electron chi connectivity index (χ3n) is 3.91. The van der Waals surface area contributed by atoms with Crippen LogP contribution in [0.3, 0.4) is 0 Å². The lowest BCUT2D eigenvalue weighted by Gasteiger charge is -2.14. The zero-order valence-corrected chi connectivity index (χ0v) is 15.8. The minimum atomic E-state index is -0.446. The first-order chi connectivity index (χ1) is 13.1. The Hall–Kier alpha value is -2.83. The van der Waals surface area contributed by atoms with Gasteiger partial charge in [-0.25, -0.2) is 8.78 Å². The molecule has 27 heavy (non-hydrogen) atoms. The van der Waals surface area contributed by atoms with Crippen LogP contribution in [0.5, 0.6) is 11.5 Å². The average molecular weight is 377 g/mol. The maximum atomic E-state index is 13.6. The highest BCUT2D eigenvalue weighted by molar-refractivity contribution is 5.79. The van der Waals surface area contributed by atoms with E-state index in [9.17, 15) is 8.78 Å². The first-order valence-electron chi connectivity index (χ1n) is 8.75. The van der Waals surface area contributed by atoms with Gasteiger partial charge in [0.05, 0.1) is 13.7 Å². The molecule has 0 bridgehead atoms. The fraction of sp³-hybridized carbons (Fsp3) is 0.350. The lowest BCUT2D eigenvalue weighted by Crippen LogP contribution is -2.37. The molecule has 0 aliphatic heterocycles. The van der Waals surface area contributed by atoms with Crippen molar-refractivity contribution < 1.29 is 18.3 Å². The normalized spacial score (nSPS) is 11.2. The Kier molecular flexibility index (Phi) is 7.85. The average Bonchev–Trinajstić information content (AvgIpc) is 2.67. The van der Waals surface area contributed by atoms with Crippen LogP contribution in [0.25, 0.3) is 0 Å². The molecule has 0 aromatic heterocycles. The molecule has 0 unspecified atom stereocenters. The molecule has 2 rings (SSSR count). The number of aliphatic imine (C=N–C) groups is 1. The maximum absolute atomic E-state index is 13.6. The van der Waals surface area contributed by atoms with Crippen molar-refractivity contribution in [2.75, 3.05) is 27.3 Å².